The molecule has 1 aromatic carbocycles. The van der Waals surface area contributed by atoms with E-state index in [1.54, 1.807) is 11.8 Å². The van der Waals surface area contributed by atoms with E-state index in [1.165, 1.54) is 31.0 Å². The Morgan fingerprint density at radius 3 is 2.55 bits per heavy atom. The van der Waals surface area contributed by atoms with Gasteiger partial charge >= 0.3 is 5.97 Å². The van der Waals surface area contributed by atoms with Crippen molar-refractivity contribution < 1.29 is 9.90 Å². The standard InChI is InChI=1S/C25H36N4O2/c1-2-20(12-18-6-4-3-5-7-18)23-13-24(23)29-22-10-8-21(9-11-22)28-16-19(14-26)15-27-17-25(30)31/h3-7,12,14-15,21-24,28-29H,2,8-11,13,16-17,26H2,1H3,(H,30,31)/b19-14?,20-12+,27-15?/t21?,22?,23-,24+/m0/s1. The molecule has 2 fully saturated rings. The quantitative estimate of drug-likeness (QED) is 0.408. The second-order valence-electron chi connectivity index (χ2n) is 8.63. The predicted octanol–water partition coefficient (Wildman–Crippen LogP) is 3.36. The molecule has 0 bridgehead atoms. The molecule has 31 heavy (non-hydrogen) atoms. The van der Waals surface area contributed by atoms with E-state index in [1.807, 2.05) is 0 Å². The van der Waals surface area contributed by atoms with E-state index < -0.39 is 5.97 Å². The highest BCUT2D eigenvalue weighted by Crippen LogP contribution is 2.40. The lowest BCUT2D eigenvalue weighted by Crippen LogP contribution is -2.41. The van der Waals surface area contributed by atoms with Crippen LogP contribution in [-0.4, -0.2) is 48.5 Å². The third-order valence-electron chi connectivity index (χ3n) is 6.30. The normalized spacial score (nSPS) is 26.9. The average Bonchev–Trinajstić information content (AvgIpc) is 3.54. The van der Waals surface area contributed by atoms with Gasteiger partial charge in [0.05, 0.1) is 0 Å². The number of carboxylic acids is 1. The zero-order valence-corrected chi connectivity index (χ0v) is 18.5. The van der Waals surface area contributed by atoms with Crippen LogP contribution in [0.2, 0.25) is 0 Å². The van der Waals surface area contributed by atoms with Crippen LogP contribution in [0.4, 0.5) is 0 Å². The fourth-order valence-electron chi connectivity index (χ4n) is 4.44. The summed E-state index contributed by atoms with van der Waals surface area (Å²) in [6, 6.07) is 12.3. The number of nitrogens with two attached hydrogens (primary N) is 1. The molecule has 2 aliphatic carbocycles. The van der Waals surface area contributed by atoms with E-state index in [0.29, 0.717) is 30.6 Å². The topological polar surface area (TPSA) is 99.7 Å². The highest BCUT2D eigenvalue weighted by atomic mass is 16.4. The first kappa shape index (κ1) is 23.2. The second kappa shape index (κ2) is 11.8. The van der Waals surface area contributed by atoms with Gasteiger partial charge in [-0.3, -0.25) is 9.79 Å². The monoisotopic (exact) mass is 424 g/mol. The number of hydrogen-bond acceptors (Lipinski definition) is 5. The van der Waals surface area contributed by atoms with Crippen LogP contribution in [0.15, 0.2) is 52.7 Å². The summed E-state index contributed by atoms with van der Waals surface area (Å²) in [6.07, 6.45) is 12.4. The fourth-order valence-corrected chi connectivity index (χ4v) is 4.44. The van der Waals surface area contributed by atoms with E-state index in [2.05, 4.69) is 59.0 Å². The SMILES string of the molecule is CC/C(=C\c1ccccc1)[C@@H]1C[C@H]1NC1CCC(NCC(C=NCC(=O)O)=CN)CC1. The second-order valence-corrected chi connectivity index (χ2v) is 8.63. The predicted molar refractivity (Wildman–Crippen MR) is 127 cm³/mol. The van der Waals surface area contributed by atoms with Gasteiger partial charge in [0.2, 0.25) is 0 Å². The van der Waals surface area contributed by atoms with E-state index >= 15 is 0 Å². The summed E-state index contributed by atoms with van der Waals surface area (Å²) < 4.78 is 0. The summed E-state index contributed by atoms with van der Waals surface area (Å²) in [6.45, 7) is 2.66. The molecule has 6 nitrogen and oxygen atoms in total. The molecule has 0 unspecified atom stereocenters. The molecule has 0 heterocycles. The smallest absolute Gasteiger partial charge is 0.325 e. The minimum Gasteiger partial charge on any atom is -0.480 e. The van der Waals surface area contributed by atoms with Crippen LogP contribution in [-0.2, 0) is 4.79 Å². The first-order chi connectivity index (χ1) is 15.1. The number of nitrogens with zero attached hydrogens (tertiary/aromatic N) is 1. The van der Waals surface area contributed by atoms with Gasteiger partial charge in [0.25, 0.3) is 0 Å². The molecule has 2 saturated carbocycles. The Bertz CT molecular complexity index is 795. The Balaban J connectivity index is 1.37. The van der Waals surface area contributed by atoms with Crippen LogP contribution in [0.25, 0.3) is 6.08 Å². The zero-order chi connectivity index (χ0) is 22.1. The largest absolute Gasteiger partial charge is 0.480 e. The summed E-state index contributed by atoms with van der Waals surface area (Å²) >= 11 is 0. The van der Waals surface area contributed by atoms with Gasteiger partial charge in [-0.15, -0.1) is 0 Å². The number of carbonyl (C=O) groups is 1. The molecule has 2 atom stereocenters. The van der Waals surface area contributed by atoms with Crippen molar-refractivity contribution in [2.24, 2.45) is 16.6 Å². The average molecular weight is 425 g/mol. The van der Waals surface area contributed by atoms with Gasteiger partial charge in [-0.25, -0.2) is 0 Å². The molecule has 3 rings (SSSR count). The third-order valence-corrected chi connectivity index (χ3v) is 6.30. The third kappa shape index (κ3) is 7.64. The molecule has 0 amide bonds. The molecule has 5 N–H and O–H groups in total. The molecule has 0 radical (unpaired) electrons. The summed E-state index contributed by atoms with van der Waals surface area (Å²) in [7, 11) is 0. The van der Waals surface area contributed by atoms with Crippen molar-refractivity contribution in [3.63, 3.8) is 0 Å². The highest BCUT2D eigenvalue weighted by Gasteiger charge is 2.40. The van der Waals surface area contributed by atoms with Gasteiger partial charge in [-0.1, -0.05) is 48.9 Å². The van der Waals surface area contributed by atoms with Gasteiger partial charge in [0.15, 0.2) is 0 Å². The number of rotatable bonds is 11. The molecule has 0 aromatic heterocycles. The van der Waals surface area contributed by atoms with Crippen molar-refractivity contribution in [2.45, 2.75) is 63.6 Å². The molecule has 168 valence electrons. The molecule has 1 aromatic rings. The van der Waals surface area contributed by atoms with Crippen LogP contribution in [0, 0.1) is 5.92 Å². The van der Waals surface area contributed by atoms with Gasteiger partial charge in [0.1, 0.15) is 6.54 Å². The Kier molecular flexibility index (Phi) is 8.85. The van der Waals surface area contributed by atoms with Crippen LogP contribution < -0.4 is 16.4 Å². The Labute approximate surface area is 185 Å². The number of aliphatic imine (C=N–C) groups is 1. The number of hydrogen-bond donors (Lipinski definition) is 4. The van der Waals surface area contributed by atoms with Crippen molar-refractivity contribution in [1.29, 1.82) is 0 Å². The lowest BCUT2D eigenvalue weighted by Gasteiger charge is -2.30. The maximum Gasteiger partial charge on any atom is 0.325 e. The minimum atomic E-state index is -0.939. The van der Waals surface area contributed by atoms with Crippen LogP contribution in [0.3, 0.4) is 0 Å². The minimum absolute atomic E-state index is 0.226. The number of carboxylic acid groups (broad SMARTS) is 1. The molecule has 0 spiro atoms. The molecule has 0 aliphatic heterocycles. The highest BCUT2D eigenvalue weighted by molar-refractivity contribution is 5.81. The van der Waals surface area contributed by atoms with E-state index in [9.17, 15) is 4.79 Å². The van der Waals surface area contributed by atoms with Crippen molar-refractivity contribution in [2.75, 3.05) is 13.1 Å². The molecule has 2 aliphatic rings. The lowest BCUT2D eigenvalue weighted by atomic mass is 9.91. The van der Waals surface area contributed by atoms with Crippen LogP contribution >= 0.6 is 0 Å². The zero-order valence-electron chi connectivity index (χ0n) is 18.5. The van der Waals surface area contributed by atoms with Crippen LogP contribution in [0.5, 0.6) is 0 Å². The van der Waals surface area contributed by atoms with E-state index in [0.717, 1.165) is 24.8 Å². The van der Waals surface area contributed by atoms with Crippen LogP contribution in [0.1, 0.15) is 51.0 Å². The first-order valence-corrected chi connectivity index (χ1v) is 11.5. The number of benzene rings is 1. The Morgan fingerprint density at radius 1 is 1.19 bits per heavy atom. The maximum atomic E-state index is 10.6. The fraction of sp³-hybridized carbons (Fsp3) is 0.520. The summed E-state index contributed by atoms with van der Waals surface area (Å²) in [5.41, 5.74) is 9.31. The first-order valence-electron chi connectivity index (χ1n) is 11.5. The number of aliphatic carboxylic acids is 1. The molecular formula is C25H36N4O2. The van der Waals surface area contributed by atoms with Crippen molar-refractivity contribution in [3.8, 4) is 0 Å². The van der Waals surface area contributed by atoms with Gasteiger partial charge in [0, 0.05) is 30.9 Å². The molecule has 0 saturated heterocycles. The summed E-state index contributed by atoms with van der Waals surface area (Å²) in [5.74, 6) is -0.255. The maximum absolute atomic E-state index is 10.6. The Morgan fingerprint density at radius 2 is 1.90 bits per heavy atom. The van der Waals surface area contributed by atoms with Gasteiger partial charge in [-0.05, 0) is 61.8 Å². The van der Waals surface area contributed by atoms with Crippen molar-refractivity contribution in [3.05, 3.63) is 53.2 Å². The molecule has 6 heteroatoms. The van der Waals surface area contributed by atoms with E-state index in [-0.39, 0.29) is 6.54 Å². The van der Waals surface area contributed by atoms with Crippen molar-refractivity contribution >= 4 is 18.3 Å². The Hall–Kier alpha value is -2.44. The van der Waals surface area contributed by atoms with Gasteiger partial charge in [-0.2, -0.15) is 0 Å². The molecular weight excluding hydrogens is 388 g/mol. The van der Waals surface area contributed by atoms with Gasteiger partial charge < -0.3 is 21.5 Å². The lowest BCUT2D eigenvalue weighted by molar-refractivity contribution is -0.135. The van der Waals surface area contributed by atoms with E-state index in [4.69, 9.17) is 10.8 Å². The summed E-state index contributed by atoms with van der Waals surface area (Å²) in [4.78, 5) is 14.4. The van der Waals surface area contributed by atoms with Crippen molar-refractivity contribution in [1.82, 2.24) is 10.6 Å². The summed E-state index contributed by atoms with van der Waals surface area (Å²) in [5, 5.41) is 16.1. The number of nitrogens with one attached hydrogen (secondary N) is 2.